The standard InChI is InChI=1S/C21H16N2O4S/c24-15-6-1-5-14(10-15)18-17(19(25)16-7-3-9-28-16)20(26)21(27)23(18)12-13-4-2-8-22-11-13/h1-11,18,24,26H,12H2. The molecule has 1 atom stereocenters. The summed E-state index contributed by atoms with van der Waals surface area (Å²) in [5.41, 5.74) is 1.32. The number of pyridine rings is 1. The fraction of sp³-hybridized carbons (Fsp3) is 0.0952. The highest BCUT2D eigenvalue weighted by molar-refractivity contribution is 7.12. The number of Topliss-reactive ketones (excluding diaryl/α,β-unsaturated/α-hetero) is 1. The maximum atomic E-state index is 13.1. The van der Waals surface area contributed by atoms with Crippen molar-refractivity contribution in [3.8, 4) is 5.75 Å². The van der Waals surface area contributed by atoms with Gasteiger partial charge in [0.05, 0.1) is 16.5 Å². The van der Waals surface area contributed by atoms with E-state index in [1.807, 2.05) is 6.07 Å². The van der Waals surface area contributed by atoms with Crippen LogP contribution in [-0.4, -0.2) is 31.8 Å². The van der Waals surface area contributed by atoms with Crippen molar-refractivity contribution in [3.63, 3.8) is 0 Å². The van der Waals surface area contributed by atoms with Crippen molar-refractivity contribution >= 4 is 23.0 Å². The topological polar surface area (TPSA) is 90.7 Å². The number of phenols is 1. The Morgan fingerprint density at radius 2 is 2.00 bits per heavy atom. The van der Waals surface area contributed by atoms with E-state index >= 15 is 0 Å². The number of carbonyl (C=O) groups is 2. The number of aromatic hydroxyl groups is 1. The second kappa shape index (κ2) is 7.28. The van der Waals surface area contributed by atoms with E-state index in [0.717, 1.165) is 5.56 Å². The number of benzene rings is 1. The first kappa shape index (κ1) is 17.9. The summed E-state index contributed by atoms with van der Waals surface area (Å²) in [7, 11) is 0. The Morgan fingerprint density at radius 3 is 2.68 bits per heavy atom. The highest BCUT2D eigenvalue weighted by Crippen LogP contribution is 2.41. The molecule has 6 nitrogen and oxygen atoms in total. The van der Waals surface area contributed by atoms with Crippen LogP contribution in [0.3, 0.4) is 0 Å². The minimum Gasteiger partial charge on any atom is -0.508 e. The second-order valence-electron chi connectivity index (χ2n) is 6.36. The van der Waals surface area contributed by atoms with E-state index in [0.29, 0.717) is 10.4 Å². The van der Waals surface area contributed by atoms with Crippen LogP contribution in [0.15, 0.2) is 77.6 Å². The highest BCUT2D eigenvalue weighted by Gasteiger charge is 2.44. The van der Waals surface area contributed by atoms with E-state index in [4.69, 9.17) is 0 Å². The van der Waals surface area contributed by atoms with Crippen molar-refractivity contribution in [1.82, 2.24) is 9.88 Å². The normalized spacial score (nSPS) is 16.6. The number of nitrogens with zero attached hydrogens (tertiary/aromatic N) is 2. The van der Waals surface area contributed by atoms with Crippen LogP contribution in [0.5, 0.6) is 5.75 Å². The average Bonchev–Trinajstić information content (AvgIpc) is 3.32. The number of hydrogen-bond acceptors (Lipinski definition) is 6. The summed E-state index contributed by atoms with van der Waals surface area (Å²) in [6, 6.07) is 12.5. The predicted octanol–water partition coefficient (Wildman–Crippen LogP) is 3.63. The molecule has 3 aromatic rings. The molecule has 7 heteroatoms. The molecule has 0 spiro atoms. The number of phenolic OH excluding ortho intramolecular Hbond substituents is 1. The number of hydrogen-bond donors (Lipinski definition) is 2. The van der Waals surface area contributed by atoms with Gasteiger partial charge in [-0.05, 0) is 40.8 Å². The first-order valence-corrected chi connectivity index (χ1v) is 9.44. The maximum Gasteiger partial charge on any atom is 0.290 e. The summed E-state index contributed by atoms with van der Waals surface area (Å²) < 4.78 is 0. The Hall–Kier alpha value is -3.45. The lowest BCUT2D eigenvalue weighted by Gasteiger charge is -2.26. The molecule has 0 aliphatic carbocycles. The molecule has 1 aliphatic rings. The van der Waals surface area contributed by atoms with Crippen LogP contribution < -0.4 is 0 Å². The number of thiophene rings is 1. The third-order valence-electron chi connectivity index (χ3n) is 4.55. The van der Waals surface area contributed by atoms with Gasteiger partial charge in [0.25, 0.3) is 5.91 Å². The van der Waals surface area contributed by atoms with Gasteiger partial charge in [0, 0.05) is 18.9 Å². The molecular weight excluding hydrogens is 376 g/mol. The molecule has 4 rings (SSSR count). The summed E-state index contributed by atoms with van der Waals surface area (Å²) in [4.78, 5) is 31.8. The zero-order valence-electron chi connectivity index (χ0n) is 14.6. The molecule has 0 bridgehead atoms. The Bertz CT molecular complexity index is 1060. The van der Waals surface area contributed by atoms with Crippen LogP contribution in [0.2, 0.25) is 0 Å². The highest BCUT2D eigenvalue weighted by atomic mass is 32.1. The molecule has 3 heterocycles. The minimum absolute atomic E-state index is 0.0144. The van der Waals surface area contributed by atoms with E-state index in [1.54, 1.807) is 48.1 Å². The SMILES string of the molecule is O=C(C1=C(O)C(=O)N(Cc2cccnc2)C1c1cccc(O)c1)c1cccs1. The molecule has 1 amide bonds. The van der Waals surface area contributed by atoms with Crippen molar-refractivity contribution in [3.05, 3.63) is 93.6 Å². The molecule has 2 aromatic heterocycles. The second-order valence-corrected chi connectivity index (χ2v) is 7.31. The quantitative estimate of drug-likeness (QED) is 0.647. The largest absolute Gasteiger partial charge is 0.508 e. The Balaban J connectivity index is 1.81. The molecule has 1 unspecified atom stereocenters. The van der Waals surface area contributed by atoms with Crippen LogP contribution in [0.1, 0.15) is 26.8 Å². The van der Waals surface area contributed by atoms with Crippen molar-refractivity contribution in [2.75, 3.05) is 0 Å². The first-order valence-electron chi connectivity index (χ1n) is 8.56. The van der Waals surface area contributed by atoms with Crippen LogP contribution in [0, 0.1) is 0 Å². The number of carbonyl (C=O) groups excluding carboxylic acids is 2. The number of amides is 1. The monoisotopic (exact) mass is 392 g/mol. The van der Waals surface area contributed by atoms with Gasteiger partial charge in [-0.1, -0.05) is 24.3 Å². The molecule has 0 saturated heterocycles. The summed E-state index contributed by atoms with van der Waals surface area (Å²) in [5, 5.41) is 22.2. The molecular formula is C21H16N2O4S. The lowest BCUT2D eigenvalue weighted by atomic mass is 9.95. The van der Waals surface area contributed by atoms with Gasteiger partial charge in [-0.2, -0.15) is 0 Å². The molecule has 2 N–H and O–H groups in total. The average molecular weight is 392 g/mol. The molecule has 1 aliphatic heterocycles. The summed E-state index contributed by atoms with van der Waals surface area (Å²) in [6.07, 6.45) is 3.26. The third-order valence-corrected chi connectivity index (χ3v) is 5.42. The fourth-order valence-corrected chi connectivity index (χ4v) is 4.00. The van der Waals surface area contributed by atoms with E-state index in [9.17, 15) is 19.8 Å². The molecule has 0 fully saturated rings. The molecule has 0 saturated carbocycles. The lowest BCUT2D eigenvalue weighted by molar-refractivity contribution is -0.130. The Kier molecular flexibility index (Phi) is 4.67. The van der Waals surface area contributed by atoms with E-state index in [1.165, 1.54) is 28.4 Å². The van der Waals surface area contributed by atoms with Crippen molar-refractivity contribution in [2.24, 2.45) is 0 Å². The van der Waals surface area contributed by atoms with Gasteiger partial charge in [-0.15, -0.1) is 11.3 Å². The van der Waals surface area contributed by atoms with Gasteiger partial charge in [0.1, 0.15) is 5.75 Å². The smallest absolute Gasteiger partial charge is 0.290 e. The third kappa shape index (κ3) is 3.16. The zero-order valence-corrected chi connectivity index (χ0v) is 15.5. The number of aliphatic hydroxyl groups is 1. The van der Waals surface area contributed by atoms with Crippen molar-refractivity contribution in [1.29, 1.82) is 0 Å². The van der Waals surface area contributed by atoms with Crippen LogP contribution in [-0.2, 0) is 11.3 Å². The zero-order chi connectivity index (χ0) is 19.7. The molecule has 28 heavy (non-hydrogen) atoms. The van der Waals surface area contributed by atoms with Crippen molar-refractivity contribution in [2.45, 2.75) is 12.6 Å². The number of aliphatic hydroxyl groups excluding tert-OH is 1. The van der Waals surface area contributed by atoms with Crippen LogP contribution >= 0.6 is 11.3 Å². The number of ketones is 1. The van der Waals surface area contributed by atoms with Gasteiger partial charge in [-0.3, -0.25) is 14.6 Å². The minimum atomic E-state index is -0.811. The van der Waals surface area contributed by atoms with E-state index < -0.39 is 23.5 Å². The van der Waals surface area contributed by atoms with Crippen LogP contribution in [0.4, 0.5) is 0 Å². The van der Waals surface area contributed by atoms with Gasteiger partial charge >= 0.3 is 0 Å². The number of rotatable bonds is 5. The van der Waals surface area contributed by atoms with Crippen LogP contribution in [0.25, 0.3) is 0 Å². The molecule has 140 valence electrons. The fourth-order valence-electron chi connectivity index (χ4n) is 3.32. The number of aromatic nitrogens is 1. The van der Waals surface area contributed by atoms with E-state index in [2.05, 4.69) is 4.98 Å². The molecule has 0 radical (unpaired) electrons. The maximum absolute atomic E-state index is 13.1. The van der Waals surface area contributed by atoms with Gasteiger partial charge in [-0.25, -0.2) is 0 Å². The first-order chi connectivity index (χ1) is 13.6. The molecule has 1 aromatic carbocycles. The summed E-state index contributed by atoms with van der Waals surface area (Å²) in [6.45, 7) is 0.165. The summed E-state index contributed by atoms with van der Waals surface area (Å²) >= 11 is 1.24. The summed E-state index contributed by atoms with van der Waals surface area (Å²) in [5.74, 6) is -1.57. The van der Waals surface area contributed by atoms with Gasteiger partial charge in [0.15, 0.2) is 5.76 Å². The Morgan fingerprint density at radius 1 is 1.14 bits per heavy atom. The van der Waals surface area contributed by atoms with E-state index in [-0.39, 0.29) is 17.9 Å². The predicted molar refractivity (Wildman–Crippen MR) is 104 cm³/mol. The lowest BCUT2D eigenvalue weighted by Crippen LogP contribution is -2.30. The van der Waals surface area contributed by atoms with Gasteiger partial charge < -0.3 is 15.1 Å². The van der Waals surface area contributed by atoms with Crippen molar-refractivity contribution < 1.29 is 19.8 Å². The van der Waals surface area contributed by atoms with Gasteiger partial charge in [0.2, 0.25) is 5.78 Å². The Labute approximate surface area is 165 Å².